The predicted octanol–water partition coefficient (Wildman–Crippen LogP) is 2.48. The summed E-state index contributed by atoms with van der Waals surface area (Å²) in [5.74, 6) is 0.620. The Morgan fingerprint density at radius 2 is 2.30 bits per heavy atom. The molecule has 0 spiro atoms. The van der Waals surface area contributed by atoms with Gasteiger partial charge < -0.3 is 0 Å². The Kier molecular flexibility index (Phi) is 2.66. The summed E-state index contributed by atoms with van der Waals surface area (Å²) in [5, 5.41) is 11.7. The zero-order valence-electron chi connectivity index (χ0n) is 11.1. The second kappa shape index (κ2) is 4.52. The van der Waals surface area contributed by atoms with E-state index in [1.165, 1.54) is 24.9 Å². The van der Waals surface area contributed by atoms with Gasteiger partial charge in [0.25, 0.3) is 0 Å². The van der Waals surface area contributed by atoms with Gasteiger partial charge >= 0.3 is 0 Å². The molecule has 6 nitrogen and oxygen atoms in total. The molecule has 7 heteroatoms. The summed E-state index contributed by atoms with van der Waals surface area (Å²) in [5.41, 5.74) is 3.35. The Balaban J connectivity index is 1.75. The van der Waals surface area contributed by atoms with Gasteiger partial charge in [0.2, 0.25) is 5.13 Å². The van der Waals surface area contributed by atoms with Crippen LogP contribution in [0.25, 0.3) is 16.4 Å². The molecule has 20 heavy (non-hydrogen) atoms. The first-order valence-corrected chi connectivity index (χ1v) is 7.61. The quantitative estimate of drug-likeness (QED) is 0.739. The van der Waals surface area contributed by atoms with E-state index >= 15 is 0 Å². The van der Waals surface area contributed by atoms with E-state index in [9.17, 15) is 0 Å². The van der Waals surface area contributed by atoms with E-state index < -0.39 is 0 Å². The highest BCUT2D eigenvalue weighted by atomic mass is 32.1. The van der Waals surface area contributed by atoms with Crippen LogP contribution in [0, 0.1) is 0 Å². The highest BCUT2D eigenvalue weighted by Gasteiger charge is 2.30. The van der Waals surface area contributed by atoms with Crippen molar-refractivity contribution in [3.8, 4) is 16.4 Å². The molecule has 0 N–H and O–H groups in total. The smallest absolute Gasteiger partial charge is 0.212 e. The fraction of sp³-hybridized carbons (Fsp3) is 0.385. The molecular weight excluding hydrogens is 272 g/mol. The van der Waals surface area contributed by atoms with Crippen molar-refractivity contribution in [2.45, 2.75) is 32.2 Å². The van der Waals surface area contributed by atoms with E-state index in [-0.39, 0.29) is 0 Å². The number of rotatable bonds is 4. The van der Waals surface area contributed by atoms with Gasteiger partial charge in [0.1, 0.15) is 12.7 Å². The lowest BCUT2D eigenvalue weighted by Gasteiger charge is -1.95. The Labute approximate surface area is 120 Å². The summed E-state index contributed by atoms with van der Waals surface area (Å²) in [4.78, 5) is 8.62. The molecule has 1 saturated carbocycles. The molecule has 0 saturated heterocycles. The largest absolute Gasteiger partial charge is 0.272 e. The SMILES string of the molecule is CCn1cc(-c2csc(-n3cncn3)n2)c(C2CC2)n1. The molecule has 3 aromatic heterocycles. The van der Waals surface area contributed by atoms with Crippen molar-refractivity contribution in [1.82, 2.24) is 29.5 Å². The van der Waals surface area contributed by atoms with Crippen molar-refractivity contribution in [3.05, 3.63) is 29.9 Å². The fourth-order valence-corrected chi connectivity index (χ4v) is 3.00. The van der Waals surface area contributed by atoms with Gasteiger partial charge in [0.05, 0.1) is 11.4 Å². The van der Waals surface area contributed by atoms with Gasteiger partial charge in [-0.3, -0.25) is 4.68 Å². The molecule has 0 unspecified atom stereocenters. The van der Waals surface area contributed by atoms with Gasteiger partial charge in [-0.05, 0) is 19.8 Å². The monoisotopic (exact) mass is 286 g/mol. The summed E-state index contributed by atoms with van der Waals surface area (Å²) >= 11 is 1.57. The molecule has 0 amide bonds. The lowest BCUT2D eigenvalue weighted by molar-refractivity contribution is 0.647. The van der Waals surface area contributed by atoms with Crippen molar-refractivity contribution in [2.24, 2.45) is 0 Å². The maximum Gasteiger partial charge on any atom is 0.212 e. The molecule has 1 fully saturated rings. The molecular formula is C13H14N6S. The van der Waals surface area contributed by atoms with Crippen molar-refractivity contribution < 1.29 is 0 Å². The molecule has 0 atom stereocenters. The molecule has 4 rings (SSSR count). The van der Waals surface area contributed by atoms with Crippen LogP contribution in [0.15, 0.2) is 24.2 Å². The van der Waals surface area contributed by atoms with Gasteiger partial charge in [0, 0.05) is 29.6 Å². The number of aromatic nitrogens is 6. The van der Waals surface area contributed by atoms with Crippen LogP contribution in [0.1, 0.15) is 31.4 Å². The number of thiazole rings is 1. The molecule has 3 aromatic rings. The van der Waals surface area contributed by atoms with E-state index in [1.54, 1.807) is 22.3 Å². The van der Waals surface area contributed by atoms with Gasteiger partial charge in [-0.25, -0.2) is 9.97 Å². The number of hydrogen-bond donors (Lipinski definition) is 0. The number of aryl methyl sites for hydroxylation is 1. The predicted molar refractivity (Wildman–Crippen MR) is 75.9 cm³/mol. The third-order valence-corrected chi connectivity index (χ3v) is 4.29. The summed E-state index contributed by atoms with van der Waals surface area (Å²) < 4.78 is 3.69. The first kappa shape index (κ1) is 11.8. The lowest BCUT2D eigenvalue weighted by Crippen LogP contribution is -1.94. The Morgan fingerprint density at radius 3 is 3.00 bits per heavy atom. The molecule has 0 aromatic carbocycles. The van der Waals surface area contributed by atoms with Crippen LogP contribution in [-0.2, 0) is 6.54 Å². The second-order valence-corrected chi connectivity index (χ2v) is 5.75. The molecule has 0 radical (unpaired) electrons. The van der Waals surface area contributed by atoms with E-state index in [4.69, 9.17) is 0 Å². The van der Waals surface area contributed by atoms with Gasteiger partial charge in [-0.2, -0.15) is 14.9 Å². The van der Waals surface area contributed by atoms with Crippen LogP contribution in [0.4, 0.5) is 0 Å². The minimum absolute atomic E-state index is 0.620. The molecule has 1 aliphatic rings. The maximum absolute atomic E-state index is 4.69. The van der Waals surface area contributed by atoms with E-state index in [0.29, 0.717) is 5.92 Å². The highest BCUT2D eigenvalue weighted by molar-refractivity contribution is 7.12. The highest BCUT2D eigenvalue weighted by Crippen LogP contribution is 2.43. The Bertz CT molecular complexity index is 722. The van der Waals surface area contributed by atoms with Crippen LogP contribution >= 0.6 is 11.3 Å². The first-order valence-electron chi connectivity index (χ1n) is 6.73. The third-order valence-electron chi connectivity index (χ3n) is 3.46. The van der Waals surface area contributed by atoms with Crippen molar-refractivity contribution in [2.75, 3.05) is 0 Å². The summed E-state index contributed by atoms with van der Waals surface area (Å²) in [6, 6.07) is 0. The van der Waals surface area contributed by atoms with E-state index in [1.807, 2.05) is 4.68 Å². The Morgan fingerprint density at radius 1 is 1.40 bits per heavy atom. The average Bonchev–Trinajstić information content (AvgIpc) is 2.92. The minimum Gasteiger partial charge on any atom is -0.272 e. The van der Waals surface area contributed by atoms with Crippen molar-refractivity contribution in [1.29, 1.82) is 0 Å². The van der Waals surface area contributed by atoms with Crippen LogP contribution in [0.3, 0.4) is 0 Å². The van der Waals surface area contributed by atoms with Crippen LogP contribution in [0.5, 0.6) is 0 Å². The zero-order valence-corrected chi connectivity index (χ0v) is 11.9. The van der Waals surface area contributed by atoms with Crippen molar-refractivity contribution in [3.63, 3.8) is 0 Å². The second-order valence-electron chi connectivity index (χ2n) is 4.91. The topological polar surface area (TPSA) is 61.4 Å². The summed E-state index contributed by atoms with van der Waals surface area (Å²) in [6.45, 7) is 3.00. The summed E-state index contributed by atoms with van der Waals surface area (Å²) in [6.07, 6.45) is 7.78. The molecule has 1 aliphatic carbocycles. The normalized spacial score (nSPS) is 14.8. The lowest BCUT2D eigenvalue weighted by atomic mass is 10.1. The van der Waals surface area contributed by atoms with Crippen molar-refractivity contribution >= 4 is 11.3 Å². The number of hydrogen-bond acceptors (Lipinski definition) is 5. The minimum atomic E-state index is 0.620. The fourth-order valence-electron chi connectivity index (χ4n) is 2.25. The first-order chi connectivity index (χ1) is 9.85. The van der Waals surface area contributed by atoms with E-state index in [0.717, 1.165) is 22.9 Å². The standard InChI is InChI=1S/C13H14N6S/c1-2-18-5-10(12(17-18)9-3-4-9)11-6-20-13(16-11)19-8-14-7-15-19/h5-9H,2-4H2,1H3. The van der Waals surface area contributed by atoms with E-state index in [2.05, 4.69) is 38.7 Å². The van der Waals surface area contributed by atoms with Crippen LogP contribution in [-0.4, -0.2) is 29.5 Å². The van der Waals surface area contributed by atoms with Crippen LogP contribution < -0.4 is 0 Å². The molecule has 3 heterocycles. The Hall–Kier alpha value is -2.02. The molecule has 0 aliphatic heterocycles. The van der Waals surface area contributed by atoms with Gasteiger partial charge in [-0.15, -0.1) is 11.3 Å². The average molecular weight is 286 g/mol. The summed E-state index contributed by atoms with van der Waals surface area (Å²) in [7, 11) is 0. The zero-order chi connectivity index (χ0) is 13.5. The molecule has 0 bridgehead atoms. The van der Waals surface area contributed by atoms with Crippen LogP contribution in [0.2, 0.25) is 0 Å². The van der Waals surface area contributed by atoms with Gasteiger partial charge in [-0.1, -0.05) is 0 Å². The molecule has 102 valence electrons. The third kappa shape index (κ3) is 1.94. The van der Waals surface area contributed by atoms with Gasteiger partial charge in [0.15, 0.2) is 0 Å². The maximum atomic E-state index is 4.69. The number of nitrogens with zero attached hydrogens (tertiary/aromatic N) is 6.